The Morgan fingerprint density at radius 3 is 2.65 bits per heavy atom. The molecule has 1 aromatic carbocycles. The number of halogens is 1. The molecule has 1 heterocycles. The van der Waals surface area contributed by atoms with Gasteiger partial charge in [-0.1, -0.05) is 11.6 Å². The number of aryl methyl sites for hydroxylation is 1. The van der Waals surface area contributed by atoms with Gasteiger partial charge in [-0.2, -0.15) is 0 Å². The number of benzene rings is 1. The summed E-state index contributed by atoms with van der Waals surface area (Å²) in [6.45, 7) is 1.94. The molecule has 1 aromatic heterocycles. The lowest BCUT2D eigenvalue weighted by molar-refractivity contribution is 0.415. The van der Waals surface area contributed by atoms with E-state index in [9.17, 15) is 0 Å². The van der Waals surface area contributed by atoms with Crippen molar-refractivity contribution in [3.05, 3.63) is 28.9 Å². The van der Waals surface area contributed by atoms with E-state index in [1.807, 2.05) is 13.0 Å². The first-order valence-corrected chi connectivity index (χ1v) is 5.35. The van der Waals surface area contributed by atoms with Crippen molar-refractivity contribution in [3.63, 3.8) is 0 Å². The summed E-state index contributed by atoms with van der Waals surface area (Å²) in [7, 11) is 1.58. The quantitative estimate of drug-likeness (QED) is 0.799. The van der Waals surface area contributed by atoms with Gasteiger partial charge in [0.05, 0.1) is 24.0 Å². The van der Waals surface area contributed by atoms with E-state index in [1.165, 1.54) is 4.68 Å². The van der Waals surface area contributed by atoms with Crippen LogP contribution in [-0.2, 0) is 0 Å². The van der Waals surface area contributed by atoms with E-state index < -0.39 is 0 Å². The number of nitrogen functional groups attached to an aromatic ring is 2. The van der Waals surface area contributed by atoms with Crippen molar-refractivity contribution in [2.24, 2.45) is 0 Å². The number of ether oxygens (including phenoxy) is 1. The number of imidazole rings is 1. The maximum absolute atomic E-state index is 6.08. The SMILES string of the molecule is COc1cc(C)c(-c2cn(N)c(N)n2)cc1Cl. The van der Waals surface area contributed by atoms with Gasteiger partial charge in [-0.05, 0) is 24.6 Å². The number of hydrogen-bond donors (Lipinski definition) is 2. The highest BCUT2D eigenvalue weighted by atomic mass is 35.5. The molecule has 0 aliphatic rings. The molecule has 5 nitrogen and oxygen atoms in total. The van der Waals surface area contributed by atoms with Crippen molar-refractivity contribution in [1.82, 2.24) is 9.66 Å². The molecule has 2 aromatic rings. The van der Waals surface area contributed by atoms with Crippen LogP contribution in [0.2, 0.25) is 5.02 Å². The molecule has 0 spiro atoms. The van der Waals surface area contributed by atoms with E-state index in [4.69, 9.17) is 27.9 Å². The Morgan fingerprint density at radius 1 is 1.41 bits per heavy atom. The van der Waals surface area contributed by atoms with E-state index in [2.05, 4.69) is 4.98 Å². The van der Waals surface area contributed by atoms with Crippen molar-refractivity contribution in [1.29, 1.82) is 0 Å². The van der Waals surface area contributed by atoms with Crippen molar-refractivity contribution >= 4 is 17.5 Å². The molecular weight excluding hydrogens is 240 g/mol. The lowest BCUT2D eigenvalue weighted by Crippen LogP contribution is -2.09. The molecule has 0 fully saturated rings. The molecule has 17 heavy (non-hydrogen) atoms. The summed E-state index contributed by atoms with van der Waals surface area (Å²) in [6, 6.07) is 3.64. The van der Waals surface area contributed by atoms with Crippen LogP contribution in [0.15, 0.2) is 18.3 Å². The molecule has 0 unspecified atom stereocenters. The highest BCUT2D eigenvalue weighted by Crippen LogP contribution is 2.32. The summed E-state index contributed by atoms with van der Waals surface area (Å²) in [4.78, 5) is 4.15. The third kappa shape index (κ3) is 2.01. The first-order chi connectivity index (χ1) is 8.02. The average molecular weight is 253 g/mol. The van der Waals surface area contributed by atoms with Gasteiger partial charge in [0.25, 0.3) is 0 Å². The van der Waals surface area contributed by atoms with Crippen molar-refractivity contribution in [2.75, 3.05) is 18.7 Å². The van der Waals surface area contributed by atoms with Crippen LogP contribution in [0.4, 0.5) is 5.95 Å². The summed E-state index contributed by atoms with van der Waals surface area (Å²) in [6.07, 6.45) is 1.65. The van der Waals surface area contributed by atoms with Crippen molar-refractivity contribution < 1.29 is 4.74 Å². The topological polar surface area (TPSA) is 79.1 Å². The zero-order valence-electron chi connectivity index (χ0n) is 9.57. The van der Waals surface area contributed by atoms with Crippen LogP contribution in [0.1, 0.15) is 5.56 Å². The zero-order valence-corrected chi connectivity index (χ0v) is 10.3. The van der Waals surface area contributed by atoms with Crippen LogP contribution in [0, 0.1) is 6.92 Å². The molecular formula is C11H13ClN4O. The number of aromatic nitrogens is 2. The van der Waals surface area contributed by atoms with Crippen LogP contribution in [-0.4, -0.2) is 16.8 Å². The second-order valence-electron chi connectivity index (χ2n) is 3.69. The molecule has 90 valence electrons. The Morgan fingerprint density at radius 2 is 2.12 bits per heavy atom. The number of nitrogens with zero attached hydrogens (tertiary/aromatic N) is 2. The van der Waals surface area contributed by atoms with Crippen LogP contribution >= 0.6 is 11.6 Å². The molecule has 0 radical (unpaired) electrons. The van der Waals surface area contributed by atoms with Gasteiger partial charge in [0.1, 0.15) is 5.75 Å². The van der Waals surface area contributed by atoms with Gasteiger partial charge in [0.15, 0.2) is 0 Å². The van der Waals surface area contributed by atoms with Crippen molar-refractivity contribution in [3.8, 4) is 17.0 Å². The fourth-order valence-corrected chi connectivity index (χ4v) is 1.87. The van der Waals surface area contributed by atoms with Crippen LogP contribution in [0.25, 0.3) is 11.3 Å². The normalized spacial score (nSPS) is 10.5. The van der Waals surface area contributed by atoms with E-state index in [-0.39, 0.29) is 5.95 Å². The van der Waals surface area contributed by atoms with Gasteiger partial charge in [0.2, 0.25) is 5.95 Å². The number of rotatable bonds is 2. The minimum Gasteiger partial charge on any atom is -0.495 e. The van der Waals surface area contributed by atoms with Gasteiger partial charge < -0.3 is 16.3 Å². The van der Waals surface area contributed by atoms with E-state index in [0.29, 0.717) is 16.5 Å². The third-order valence-corrected chi connectivity index (χ3v) is 2.83. The Kier molecular flexibility index (Phi) is 2.85. The van der Waals surface area contributed by atoms with Gasteiger partial charge in [-0.15, -0.1) is 0 Å². The Bertz CT molecular complexity index is 545. The first-order valence-electron chi connectivity index (χ1n) is 4.97. The van der Waals surface area contributed by atoms with Crippen LogP contribution < -0.4 is 16.3 Å². The summed E-state index contributed by atoms with van der Waals surface area (Å²) >= 11 is 6.08. The number of methoxy groups -OCH3 is 1. The molecule has 0 aliphatic heterocycles. The lowest BCUT2D eigenvalue weighted by Gasteiger charge is -2.08. The van der Waals surface area contributed by atoms with Gasteiger partial charge in [-0.25, -0.2) is 9.66 Å². The lowest BCUT2D eigenvalue weighted by atomic mass is 10.1. The largest absolute Gasteiger partial charge is 0.495 e. The highest BCUT2D eigenvalue weighted by molar-refractivity contribution is 6.32. The fraction of sp³-hybridized carbons (Fsp3) is 0.182. The molecule has 2 rings (SSSR count). The predicted molar refractivity (Wildman–Crippen MR) is 68.5 cm³/mol. The monoisotopic (exact) mass is 252 g/mol. The zero-order chi connectivity index (χ0) is 12.6. The first kappa shape index (κ1) is 11.6. The van der Waals surface area contributed by atoms with Crippen LogP contribution in [0.3, 0.4) is 0 Å². The molecule has 0 saturated carbocycles. The van der Waals surface area contributed by atoms with Crippen LogP contribution in [0.5, 0.6) is 5.75 Å². The Labute approximate surface area is 104 Å². The van der Waals surface area contributed by atoms with Gasteiger partial charge in [0, 0.05) is 5.56 Å². The number of nitrogens with two attached hydrogens (primary N) is 2. The number of hydrogen-bond acceptors (Lipinski definition) is 4. The highest BCUT2D eigenvalue weighted by Gasteiger charge is 2.11. The number of anilines is 1. The molecule has 6 heteroatoms. The van der Waals surface area contributed by atoms with Gasteiger partial charge in [-0.3, -0.25) is 0 Å². The van der Waals surface area contributed by atoms with E-state index in [1.54, 1.807) is 19.4 Å². The maximum atomic E-state index is 6.08. The summed E-state index contributed by atoms with van der Waals surface area (Å²) < 4.78 is 6.41. The molecule has 0 amide bonds. The van der Waals surface area contributed by atoms with Gasteiger partial charge >= 0.3 is 0 Å². The minimum absolute atomic E-state index is 0.256. The second-order valence-corrected chi connectivity index (χ2v) is 4.10. The summed E-state index contributed by atoms with van der Waals surface area (Å²) in [5.74, 6) is 6.48. The minimum atomic E-state index is 0.256. The third-order valence-electron chi connectivity index (χ3n) is 2.54. The van der Waals surface area contributed by atoms with E-state index in [0.717, 1.165) is 11.1 Å². The Balaban J connectivity index is 2.56. The molecule has 4 N–H and O–H groups in total. The summed E-state index contributed by atoms with van der Waals surface area (Å²) in [5.41, 5.74) is 8.15. The average Bonchev–Trinajstić information content (AvgIpc) is 2.61. The molecule has 0 saturated heterocycles. The Hall–Kier alpha value is -1.88. The summed E-state index contributed by atoms with van der Waals surface area (Å²) in [5, 5.41) is 0.526. The molecule has 0 atom stereocenters. The second kappa shape index (κ2) is 4.18. The molecule has 0 aliphatic carbocycles. The fourth-order valence-electron chi connectivity index (χ4n) is 1.63. The standard InChI is InChI=1S/C11H13ClN4O/c1-6-3-10(17-2)8(12)4-7(6)9-5-16(14)11(13)15-9/h3-5H,14H2,1-2H3,(H2,13,15). The van der Waals surface area contributed by atoms with E-state index >= 15 is 0 Å². The smallest absolute Gasteiger partial charge is 0.219 e. The maximum Gasteiger partial charge on any atom is 0.219 e. The molecule has 0 bridgehead atoms. The van der Waals surface area contributed by atoms with Crippen molar-refractivity contribution in [2.45, 2.75) is 6.92 Å². The predicted octanol–water partition coefficient (Wildman–Crippen LogP) is 1.82.